The molecule has 23 heavy (non-hydrogen) atoms. The van der Waals surface area contributed by atoms with E-state index in [0.29, 0.717) is 11.3 Å². The maximum atomic E-state index is 12.8. The van der Waals surface area contributed by atoms with Gasteiger partial charge < -0.3 is 15.8 Å². The minimum Gasteiger partial charge on any atom is -0.493 e. The summed E-state index contributed by atoms with van der Waals surface area (Å²) in [7, 11) is 0. The van der Waals surface area contributed by atoms with E-state index in [0.717, 1.165) is 4.90 Å². The molecular weight excluding hydrogens is 304 g/mol. The van der Waals surface area contributed by atoms with Crippen molar-refractivity contribution in [3.8, 4) is 5.75 Å². The number of benzene rings is 1. The molecule has 0 unspecified atom stereocenters. The van der Waals surface area contributed by atoms with Crippen LogP contribution < -0.4 is 21.1 Å². The second-order valence-electron chi connectivity index (χ2n) is 5.23. The summed E-state index contributed by atoms with van der Waals surface area (Å²) in [5.41, 5.74) is 4.14. The minimum atomic E-state index is -1.25. The Bertz CT molecular complexity index is 719. The zero-order valence-corrected chi connectivity index (χ0v) is 12.0. The average Bonchev–Trinajstić information content (AvgIpc) is 2.72. The van der Waals surface area contributed by atoms with Crippen molar-refractivity contribution in [2.75, 3.05) is 13.2 Å². The van der Waals surface area contributed by atoms with E-state index in [-0.39, 0.29) is 13.0 Å². The van der Waals surface area contributed by atoms with Crippen molar-refractivity contribution in [2.24, 2.45) is 5.73 Å². The van der Waals surface area contributed by atoms with Gasteiger partial charge >= 0.3 is 12.1 Å². The van der Waals surface area contributed by atoms with Crippen LogP contribution in [0.3, 0.4) is 0 Å². The number of rotatable bonds is 2. The highest BCUT2D eigenvalue weighted by Gasteiger charge is 2.55. The van der Waals surface area contributed by atoms with E-state index in [4.69, 9.17) is 10.5 Å². The van der Waals surface area contributed by atoms with Crippen LogP contribution >= 0.6 is 0 Å². The molecule has 0 aromatic heterocycles. The normalized spacial score (nSPS) is 22.3. The van der Waals surface area contributed by atoms with Crippen molar-refractivity contribution >= 4 is 23.9 Å². The number of ether oxygens (including phenoxy) is 1. The molecule has 0 saturated carbocycles. The Labute approximate surface area is 130 Å². The molecule has 4 N–H and O–H groups in total. The fourth-order valence-corrected chi connectivity index (χ4v) is 2.84. The number of carbonyl (C=O) groups is 4. The Balaban J connectivity index is 1.90. The molecule has 2 aliphatic rings. The van der Waals surface area contributed by atoms with Gasteiger partial charge in [-0.15, -0.1) is 0 Å². The Kier molecular flexibility index (Phi) is 3.40. The highest BCUT2D eigenvalue weighted by molar-refractivity contribution is 6.10. The summed E-state index contributed by atoms with van der Waals surface area (Å²) in [6.07, 6.45) is 0.253. The van der Waals surface area contributed by atoms with Gasteiger partial charge in [-0.25, -0.2) is 9.59 Å². The summed E-state index contributed by atoms with van der Waals surface area (Å²) >= 11 is 0. The molecule has 1 atom stereocenters. The molecule has 0 radical (unpaired) electrons. The average molecular weight is 318 g/mol. The fraction of sp³-hybridized carbons (Fsp3) is 0.286. The third kappa shape index (κ3) is 2.35. The summed E-state index contributed by atoms with van der Waals surface area (Å²) in [5, 5.41) is 4.47. The lowest BCUT2D eigenvalue weighted by atomic mass is 9.84. The van der Waals surface area contributed by atoms with Crippen molar-refractivity contribution < 1.29 is 23.9 Å². The van der Waals surface area contributed by atoms with E-state index in [2.05, 4.69) is 5.32 Å². The van der Waals surface area contributed by atoms with Crippen LogP contribution in [-0.2, 0) is 15.1 Å². The number of imide groups is 2. The van der Waals surface area contributed by atoms with Gasteiger partial charge in [0.25, 0.3) is 5.91 Å². The van der Waals surface area contributed by atoms with Crippen LogP contribution in [0.2, 0.25) is 0 Å². The number of nitrogens with two attached hydrogens (primary N) is 1. The third-order valence-electron chi connectivity index (χ3n) is 3.82. The van der Waals surface area contributed by atoms with Gasteiger partial charge in [-0.1, -0.05) is 18.2 Å². The second kappa shape index (κ2) is 5.27. The Hall–Kier alpha value is -3.10. The number of fused-ring (bicyclic) bond motifs is 2. The SMILES string of the molecule is NC(=O)NC(=O)CN1C(=O)N[C@@]2(CCOc3ccccc32)C1=O. The standard InChI is InChI=1S/C14H14N4O5/c15-12(21)16-10(19)7-18-11(20)14(17-13(18)22)5-6-23-9-4-2-1-3-8(9)14/h1-4H,5-7H2,(H,17,22)(H3,15,16,19,21)/t14-/m1/s1. The molecule has 1 fully saturated rings. The number of primary amides is 1. The number of nitrogens with one attached hydrogen (secondary N) is 2. The lowest BCUT2D eigenvalue weighted by Crippen LogP contribution is -2.48. The number of carbonyl (C=O) groups excluding carboxylic acids is 4. The zero-order valence-electron chi connectivity index (χ0n) is 12.0. The number of amides is 6. The van der Waals surface area contributed by atoms with Crippen LogP contribution in [0.15, 0.2) is 24.3 Å². The van der Waals surface area contributed by atoms with E-state index in [1.54, 1.807) is 24.3 Å². The van der Waals surface area contributed by atoms with Gasteiger partial charge in [-0.2, -0.15) is 0 Å². The largest absolute Gasteiger partial charge is 0.493 e. The monoisotopic (exact) mass is 318 g/mol. The predicted molar refractivity (Wildman–Crippen MR) is 76.2 cm³/mol. The lowest BCUT2D eigenvalue weighted by molar-refractivity contribution is -0.135. The highest BCUT2D eigenvalue weighted by Crippen LogP contribution is 2.40. The maximum Gasteiger partial charge on any atom is 0.325 e. The number of hydrogen-bond donors (Lipinski definition) is 3. The first-order chi connectivity index (χ1) is 10.9. The van der Waals surface area contributed by atoms with E-state index in [1.807, 2.05) is 5.32 Å². The molecule has 6 amide bonds. The van der Waals surface area contributed by atoms with Crippen LogP contribution in [-0.4, -0.2) is 41.9 Å². The molecule has 2 aliphatic heterocycles. The van der Waals surface area contributed by atoms with Crippen molar-refractivity contribution in [2.45, 2.75) is 12.0 Å². The highest BCUT2D eigenvalue weighted by atomic mass is 16.5. The Morgan fingerprint density at radius 2 is 2.09 bits per heavy atom. The van der Waals surface area contributed by atoms with Crippen LogP contribution in [0.5, 0.6) is 5.75 Å². The summed E-state index contributed by atoms with van der Waals surface area (Å²) in [6.45, 7) is -0.331. The van der Waals surface area contributed by atoms with Gasteiger partial charge in [0.05, 0.1) is 6.61 Å². The first-order valence-corrected chi connectivity index (χ1v) is 6.90. The third-order valence-corrected chi connectivity index (χ3v) is 3.82. The van der Waals surface area contributed by atoms with Crippen molar-refractivity contribution in [3.05, 3.63) is 29.8 Å². The molecule has 1 spiro atoms. The summed E-state index contributed by atoms with van der Waals surface area (Å²) < 4.78 is 5.50. The van der Waals surface area contributed by atoms with Crippen molar-refractivity contribution in [1.29, 1.82) is 0 Å². The Morgan fingerprint density at radius 3 is 2.83 bits per heavy atom. The molecule has 1 aromatic rings. The molecule has 120 valence electrons. The topological polar surface area (TPSA) is 131 Å². The van der Waals surface area contributed by atoms with Gasteiger partial charge in [-0.05, 0) is 6.07 Å². The van der Waals surface area contributed by atoms with Gasteiger partial charge in [0, 0.05) is 12.0 Å². The number of para-hydroxylation sites is 1. The smallest absolute Gasteiger partial charge is 0.325 e. The van der Waals surface area contributed by atoms with Crippen LogP contribution in [0, 0.1) is 0 Å². The molecule has 1 aromatic carbocycles. The second-order valence-corrected chi connectivity index (χ2v) is 5.23. The van der Waals surface area contributed by atoms with E-state index in [9.17, 15) is 19.2 Å². The molecule has 1 saturated heterocycles. The molecule has 0 bridgehead atoms. The maximum absolute atomic E-state index is 12.8. The lowest BCUT2D eigenvalue weighted by Gasteiger charge is -2.33. The first kappa shape index (κ1) is 14.8. The van der Waals surface area contributed by atoms with E-state index < -0.39 is 36.0 Å². The molecule has 9 nitrogen and oxygen atoms in total. The Morgan fingerprint density at radius 1 is 1.35 bits per heavy atom. The molecular formula is C14H14N4O5. The van der Waals surface area contributed by atoms with E-state index >= 15 is 0 Å². The van der Waals surface area contributed by atoms with Crippen molar-refractivity contribution in [3.63, 3.8) is 0 Å². The van der Waals surface area contributed by atoms with Gasteiger partial charge in [0.15, 0.2) is 5.54 Å². The van der Waals surface area contributed by atoms with Gasteiger partial charge in [0.1, 0.15) is 12.3 Å². The molecule has 2 heterocycles. The van der Waals surface area contributed by atoms with Crippen LogP contribution in [0.25, 0.3) is 0 Å². The number of urea groups is 2. The molecule has 0 aliphatic carbocycles. The van der Waals surface area contributed by atoms with Crippen LogP contribution in [0.1, 0.15) is 12.0 Å². The fourth-order valence-electron chi connectivity index (χ4n) is 2.84. The molecule has 9 heteroatoms. The quantitative estimate of drug-likeness (QED) is 0.627. The van der Waals surface area contributed by atoms with E-state index in [1.165, 1.54) is 0 Å². The number of nitrogens with zero attached hydrogens (tertiary/aromatic N) is 1. The van der Waals surface area contributed by atoms with Crippen molar-refractivity contribution in [1.82, 2.24) is 15.5 Å². The predicted octanol–water partition coefficient (Wildman–Crippen LogP) is -0.589. The number of hydrogen-bond acceptors (Lipinski definition) is 5. The van der Waals surface area contributed by atoms with Crippen LogP contribution in [0.4, 0.5) is 9.59 Å². The van der Waals surface area contributed by atoms with Gasteiger partial charge in [-0.3, -0.25) is 19.8 Å². The minimum absolute atomic E-state index is 0.253. The summed E-state index contributed by atoms with van der Waals surface area (Å²) in [6, 6.07) is 5.14. The first-order valence-electron chi connectivity index (χ1n) is 6.90. The zero-order chi connectivity index (χ0) is 16.6. The summed E-state index contributed by atoms with van der Waals surface area (Å²) in [4.78, 5) is 48.0. The summed E-state index contributed by atoms with van der Waals surface area (Å²) in [5.74, 6) is -0.882. The van der Waals surface area contributed by atoms with Gasteiger partial charge in [0.2, 0.25) is 5.91 Å². The molecule has 3 rings (SSSR count).